The molecule has 200 valence electrons. The third-order valence-electron chi connectivity index (χ3n) is 4.78. The largest absolute Gasteiger partial charge is 0.507 e. The van der Waals surface area contributed by atoms with Crippen LogP contribution in [0.4, 0.5) is 4.79 Å². The van der Waals surface area contributed by atoms with Gasteiger partial charge in [-0.3, -0.25) is 19.2 Å². The Balaban J connectivity index is 3.51. The van der Waals surface area contributed by atoms with Crippen LogP contribution in [0.1, 0.15) is 44.4 Å². The predicted molar refractivity (Wildman–Crippen MR) is 126 cm³/mol. The number of primary amides is 1. The third-order valence-corrected chi connectivity index (χ3v) is 4.78. The number of phenolic OH excluding ortho intramolecular Hbond substituents is 1. The Bertz CT molecular complexity index is 975. The second kappa shape index (κ2) is 13.3. The molecule has 0 aliphatic carbocycles. The first-order valence-electron chi connectivity index (χ1n) is 11.0. The number of benzene rings is 1. The van der Waals surface area contributed by atoms with Crippen LogP contribution in [0, 0.1) is 6.92 Å². The van der Waals surface area contributed by atoms with Crippen molar-refractivity contribution in [2.24, 2.45) is 5.73 Å². The fourth-order valence-corrected chi connectivity index (χ4v) is 3.21. The fourth-order valence-electron chi connectivity index (χ4n) is 3.21. The van der Waals surface area contributed by atoms with Crippen molar-refractivity contribution >= 4 is 29.8 Å². The van der Waals surface area contributed by atoms with Crippen molar-refractivity contribution in [3.63, 3.8) is 0 Å². The number of rotatable bonds is 11. The average Bonchev–Trinajstić information content (AvgIpc) is 2.77. The maximum Gasteiger partial charge on any atom is 0.408 e. The van der Waals surface area contributed by atoms with Gasteiger partial charge in [0.15, 0.2) is 0 Å². The van der Waals surface area contributed by atoms with Crippen molar-refractivity contribution in [2.75, 3.05) is 26.8 Å². The van der Waals surface area contributed by atoms with Gasteiger partial charge in [-0.1, -0.05) is 18.2 Å². The van der Waals surface area contributed by atoms with Crippen LogP contribution in [0.5, 0.6) is 5.75 Å². The summed E-state index contributed by atoms with van der Waals surface area (Å²) in [7, 11) is 1.12. The van der Waals surface area contributed by atoms with Gasteiger partial charge in [-0.2, -0.15) is 0 Å². The normalized spacial score (nSPS) is 12.6. The summed E-state index contributed by atoms with van der Waals surface area (Å²) in [4.78, 5) is 63.2. The Morgan fingerprint density at radius 2 is 1.81 bits per heavy atom. The van der Waals surface area contributed by atoms with E-state index in [0.29, 0.717) is 5.56 Å². The second-order valence-electron chi connectivity index (χ2n) is 8.83. The molecule has 0 heterocycles. The number of methoxy groups -OCH3 is 1. The lowest BCUT2D eigenvalue weighted by atomic mass is 9.99. The fraction of sp³-hybridized carbons (Fsp3) is 0.522. The van der Waals surface area contributed by atoms with Crippen molar-refractivity contribution in [2.45, 2.75) is 51.8 Å². The van der Waals surface area contributed by atoms with E-state index in [1.807, 2.05) is 0 Å². The molecule has 4 amide bonds. The molecule has 1 aromatic carbocycles. The van der Waals surface area contributed by atoms with Gasteiger partial charge in [0.25, 0.3) is 0 Å². The first-order chi connectivity index (χ1) is 16.7. The summed E-state index contributed by atoms with van der Waals surface area (Å²) < 4.78 is 9.66. The standard InChI is InChI=1S/C23H34N4O9/c1-13-7-6-8-14(19(13)31)18(20(32)25-12-17(30)35-5)27(9-10-28)21(33)15(11-16(24)29)26-22(34)36-23(2,3)4/h6-8,15,18,28,31H,9-12H2,1-5H3,(H2,24,29)(H,25,32)(H,26,34). The van der Waals surface area contributed by atoms with Crippen LogP contribution in [0.2, 0.25) is 0 Å². The summed E-state index contributed by atoms with van der Waals surface area (Å²) >= 11 is 0. The lowest BCUT2D eigenvalue weighted by Gasteiger charge is -2.34. The average molecular weight is 511 g/mol. The molecule has 0 saturated heterocycles. The van der Waals surface area contributed by atoms with Crippen LogP contribution in [0.15, 0.2) is 18.2 Å². The summed E-state index contributed by atoms with van der Waals surface area (Å²) in [5, 5.41) is 24.9. The molecular weight excluding hydrogens is 476 g/mol. The summed E-state index contributed by atoms with van der Waals surface area (Å²) in [6.07, 6.45) is -1.66. The molecular formula is C23H34N4O9. The molecule has 0 fully saturated rings. The Morgan fingerprint density at radius 3 is 2.33 bits per heavy atom. The summed E-state index contributed by atoms with van der Waals surface area (Å²) in [6, 6.07) is 1.36. The molecule has 0 bridgehead atoms. The molecule has 0 radical (unpaired) electrons. The van der Waals surface area contributed by atoms with Crippen molar-refractivity contribution in [3.05, 3.63) is 29.3 Å². The number of hydrogen-bond acceptors (Lipinski definition) is 9. The topological polar surface area (TPSA) is 198 Å². The van der Waals surface area contributed by atoms with Crippen molar-refractivity contribution in [3.8, 4) is 5.75 Å². The quantitative estimate of drug-likeness (QED) is 0.246. The number of ether oxygens (including phenoxy) is 2. The van der Waals surface area contributed by atoms with Gasteiger partial charge in [0, 0.05) is 12.1 Å². The third kappa shape index (κ3) is 9.06. The minimum atomic E-state index is -1.56. The Hall–Kier alpha value is -3.87. The minimum absolute atomic E-state index is 0.0192. The Labute approximate surface area is 208 Å². The van der Waals surface area contributed by atoms with Gasteiger partial charge in [0.2, 0.25) is 17.7 Å². The molecule has 2 unspecified atom stereocenters. The number of aromatic hydroxyl groups is 1. The highest BCUT2D eigenvalue weighted by atomic mass is 16.6. The maximum absolute atomic E-state index is 13.6. The lowest BCUT2D eigenvalue weighted by molar-refractivity contribution is -0.145. The van der Waals surface area contributed by atoms with E-state index >= 15 is 0 Å². The summed E-state index contributed by atoms with van der Waals surface area (Å²) in [5.41, 5.74) is 4.72. The number of nitrogens with two attached hydrogens (primary N) is 1. The summed E-state index contributed by atoms with van der Waals surface area (Å²) in [6.45, 7) is 4.76. The number of amides is 4. The monoisotopic (exact) mass is 510 g/mol. The van der Waals surface area contributed by atoms with Crippen LogP contribution in [-0.2, 0) is 28.7 Å². The number of aliphatic hydroxyl groups is 1. The smallest absolute Gasteiger partial charge is 0.408 e. The maximum atomic E-state index is 13.6. The molecule has 13 heteroatoms. The highest BCUT2D eigenvalue weighted by Crippen LogP contribution is 2.32. The van der Waals surface area contributed by atoms with E-state index in [9.17, 15) is 34.2 Å². The van der Waals surface area contributed by atoms with E-state index < -0.39 is 73.6 Å². The van der Waals surface area contributed by atoms with E-state index in [-0.39, 0.29) is 11.3 Å². The van der Waals surface area contributed by atoms with Gasteiger partial charge in [-0.15, -0.1) is 0 Å². The molecule has 0 aromatic heterocycles. The molecule has 36 heavy (non-hydrogen) atoms. The van der Waals surface area contributed by atoms with Crippen molar-refractivity contribution in [1.29, 1.82) is 0 Å². The number of aryl methyl sites for hydroxylation is 1. The molecule has 0 aliphatic rings. The molecule has 2 atom stereocenters. The molecule has 13 nitrogen and oxygen atoms in total. The van der Waals surface area contributed by atoms with Gasteiger partial charge in [0.1, 0.15) is 30.0 Å². The number of carbonyl (C=O) groups excluding carboxylic acids is 5. The van der Waals surface area contributed by atoms with Crippen LogP contribution in [0.3, 0.4) is 0 Å². The predicted octanol–water partition coefficient (Wildman–Crippen LogP) is -0.379. The minimum Gasteiger partial charge on any atom is -0.507 e. The number of esters is 1. The van der Waals surface area contributed by atoms with Gasteiger partial charge in [-0.05, 0) is 33.3 Å². The molecule has 1 rings (SSSR count). The zero-order valence-corrected chi connectivity index (χ0v) is 21.0. The number of hydrogen-bond donors (Lipinski definition) is 5. The molecule has 6 N–H and O–H groups in total. The SMILES string of the molecule is COC(=O)CNC(=O)C(c1cccc(C)c1O)N(CCO)C(=O)C(CC(N)=O)NC(=O)OC(C)(C)C. The molecule has 1 aromatic rings. The van der Waals surface area contributed by atoms with E-state index in [1.165, 1.54) is 12.1 Å². The second-order valence-corrected chi connectivity index (χ2v) is 8.83. The highest BCUT2D eigenvalue weighted by molar-refractivity contribution is 5.95. The lowest BCUT2D eigenvalue weighted by Crippen LogP contribution is -2.54. The zero-order valence-electron chi connectivity index (χ0n) is 21.0. The van der Waals surface area contributed by atoms with Crippen LogP contribution in [0.25, 0.3) is 0 Å². The zero-order chi connectivity index (χ0) is 27.6. The van der Waals surface area contributed by atoms with Crippen molar-refractivity contribution < 1.29 is 43.7 Å². The molecule has 0 aliphatic heterocycles. The van der Waals surface area contributed by atoms with E-state index in [4.69, 9.17) is 10.5 Å². The van der Waals surface area contributed by atoms with E-state index in [2.05, 4.69) is 15.4 Å². The number of para-hydroxylation sites is 1. The molecule has 0 spiro atoms. The summed E-state index contributed by atoms with van der Waals surface area (Å²) in [5.74, 6) is -3.86. The first kappa shape index (κ1) is 30.2. The number of aliphatic hydroxyl groups excluding tert-OH is 1. The van der Waals surface area contributed by atoms with Gasteiger partial charge >= 0.3 is 12.1 Å². The van der Waals surface area contributed by atoms with E-state index in [0.717, 1.165) is 12.0 Å². The molecule has 0 saturated carbocycles. The van der Waals surface area contributed by atoms with Gasteiger partial charge in [0.05, 0.1) is 20.1 Å². The number of carbonyl (C=O) groups is 5. The van der Waals surface area contributed by atoms with Gasteiger partial charge < -0.3 is 41.0 Å². The van der Waals surface area contributed by atoms with Crippen LogP contribution >= 0.6 is 0 Å². The van der Waals surface area contributed by atoms with E-state index in [1.54, 1.807) is 33.8 Å². The van der Waals surface area contributed by atoms with Crippen molar-refractivity contribution in [1.82, 2.24) is 15.5 Å². The number of alkyl carbamates (subject to hydrolysis) is 1. The van der Waals surface area contributed by atoms with Gasteiger partial charge in [-0.25, -0.2) is 4.79 Å². The van der Waals surface area contributed by atoms with Crippen LogP contribution in [-0.4, -0.2) is 83.3 Å². The number of nitrogens with zero attached hydrogens (tertiary/aromatic N) is 1. The Kier molecular flexibility index (Phi) is 11.1. The first-order valence-corrected chi connectivity index (χ1v) is 11.0. The van der Waals surface area contributed by atoms with Crippen LogP contribution < -0.4 is 16.4 Å². The number of nitrogens with one attached hydrogen (secondary N) is 2. The number of phenols is 1. The highest BCUT2D eigenvalue weighted by Gasteiger charge is 2.38. The Morgan fingerprint density at radius 1 is 1.17 bits per heavy atom.